The number of morpholine rings is 2. The largest absolute Gasteiger partial charge is 0.494 e. The van der Waals surface area contributed by atoms with E-state index in [-0.39, 0.29) is 18.3 Å². The molecule has 0 aliphatic carbocycles. The van der Waals surface area contributed by atoms with Crippen LogP contribution in [0.1, 0.15) is 27.7 Å². The molecule has 3 saturated heterocycles. The Morgan fingerprint density at radius 3 is 1.49 bits per heavy atom. The van der Waals surface area contributed by atoms with Crippen molar-refractivity contribution in [3.8, 4) is 11.1 Å². The Kier molecular flexibility index (Phi) is 15.3. The second-order valence-electron chi connectivity index (χ2n) is 20.3. The van der Waals surface area contributed by atoms with Gasteiger partial charge < -0.3 is 38.4 Å². The zero-order valence-electron chi connectivity index (χ0n) is 44.2. The predicted octanol–water partition coefficient (Wildman–Crippen LogP) is 11.5. The van der Waals surface area contributed by atoms with Gasteiger partial charge in [-0.1, -0.05) is 81.6 Å². The number of anilines is 6. The van der Waals surface area contributed by atoms with E-state index in [4.69, 9.17) is 47.0 Å². The molecule has 4 aromatic heterocycles. The molecule has 0 atom stereocenters. The molecule has 0 N–H and O–H groups in total. The van der Waals surface area contributed by atoms with E-state index < -0.39 is 0 Å². The molecule has 3 aliphatic heterocycles. The summed E-state index contributed by atoms with van der Waals surface area (Å²) < 4.78 is 27.7. The molecule has 7 heterocycles. The highest BCUT2D eigenvalue weighted by molar-refractivity contribution is 9.10. The van der Waals surface area contributed by atoms with Crippen LogP contribution in [0.2, 0.25) is 10.0 Å². The van der Waals surface area contributed by atoms with Gasteiger partial charge in [-0.25, -0.2) is 0 Å². The smallest absolute Gasteiger partial charge is 0.399 e. The number of fused-ring (bicyclic) bond motifs is 6. The Labute approximate surface area is 471 Å². The summed E-state index contributed by atoms with van der Waals surface area (Å²) in [5.41, 5.74) is 9.16. The third-order valence-corrected chi connectivity index (χ3v) is 15.8. The number of benzene rings is 6. The second kappa shape index (κ2) is 22.5. The average Bonchev–Trinajstić information content (AvgIpc) is 4.29. The number of ether oxygens (including phenoxy) is 2. The second-order valence-corrected chi connectivity index (χ2v) is 22.1. The minimum Gasteiger partial charge on any atom is -0.399 e. The minimum atomic E-state index is -0.291. The maximum absolute atomic E-state index is 6.29. The molecule has 6 aromatic carbocycles. The third kappa shape index (κ3) is 11.1. The van der Waals surface area contributed by atoms with Crippen LogP contribution in [0.3, 0.4) is 0 Å². The van der Waals surface area contributed by atoms with Gasteiger partial charge in [0.05, 0.1) is 48.7 Å². The minimum absolute atomic E-state index is 0.284. The maximum Gasteiger partial charge on any atom is 0.494 e. The highest BCUT2D eigenvalue weighted by atomic mass is 79.9. The van der Waals surface area contributed by atoms with Crippen molar-refractivity contribution in [2.75, 3.05) is 86.3 Å². The summed E-state index contributed by atoms with van der Waals surface area (Å²) in [6, 6.07) is 45.3. The topological polar surface area (TPSA) is 136 Å². The first-order valence-corrected chi connectivity index (χ1v) is 27.4. The number of hydrogen-bond acceptors (Lipinski definition) is 14. The van der Waals surface area contributed by atoms with Crippen molar-refractivity contribution < 1.29 is 18.8 Å². The van der Waals surface area contributed by atoms with Crippen LogP contribution in [0.5, 0.6) is 0 Å². The molecule has 0 radical (unpaired) electrons. The molecule has 10 aromatic rings. The van der Waals surface area contributed by atoms with Gasteiger partial charge in [-0.3, -0.25) is 8.80 Å². The van der Waals surface area contributed by atoms with E-state index in [1.807, 2.05) is 88.5 Å². The lowest BCUT2D eigenvalue weighted by Crippen LogP contribution is -2.41. The summed E-state index contributed by atoms with van der Waals surface area (Å²) in [6.07, 6.45) is 3.30. The van der Waals surface area contributed by atoms with Crippen LogP contribution in [-0.4, -0.2) is 124 Å². The quantitative estimate of drug-likeness (QED) is 0.133. The van der Waals surface area contributed by atoms with Crippen molar-refractivity contribution in [2.24, 2.45) is 0 Å². The van der Waals surface area contributed by atoms with E-state index in [2.05, 4.69) is 156 Å². The number of aromatic nitrogens is 8. The van der Waals surface area contributed by atoms with E-state index in [0.717, 1.165) is 113 Å². The molecule has 20 heteroatoms. The van der Waals surface area contributed by atoms with Crippen LogP contribution >= 0.6 is 39.1 Å². The number of nitrogens with zero attached hydrogens (tertiary/aromatic N) is 12. The zero-order chi connectivity index (χ0) is 54.1. The summed E-state index contributed by atoms with van der Waals surface area (Å²) in [5.74, 6) is 2.67. The van der Waals surface area contributed by atoms with Crippen molar-refractivity contribution in [3.63, 3.8) is 0 Å². The fraction of sp³-hybridized carbons (Fsp3) is 0.276. The first kappa shape index (κ1) is 53.1. The van der Waals surface area contributed by atoms with Crippen molar-refractivity contribution in [1.82, 2.24) is 39.2 Å². The van der Waals surface area contributed by atoms with Gasteiger partial charge in [-0.2, -0.15) is 9.97 Å². The predicted molar refractivity (Wildman–Crippen MR) is 317 cm³/mol. The molecule has 0 unspecified atom stereocenters. The number of halogens is 3. The van der Waals surface area contributed by atoms with Gasteiger partial charge >= 0.3 is 7.12 Å². The lowest BCUT2D eigenvalue weighted by molar-refractivity contribution is 0.00578. The van der Waals surface area contributed by atoms with Gasteiger partial charge in [0.25, 0.3) is 11.6 Å². The summed E-state index contributed by atoms with van der Waals surface area (Å²) >= 11 is 16.0. The fourth-order valence-corrected chi connectivity index (χ4v) is 10.4. The van der Waals surface area contributed by atoms with E-state index in [1.165, 1.54) is 16.9 Å². The zero-order valence-corrected chi connectivity index (χ0v) is 47.3. The van der Waals surface area contributed by atoms with E-state index >= 15 is 0 Å². The van der Waals surface area contributed by atoms with Crippen molar-refractivity contribution in [3.05, 3.63) is 161 Å². The SMILES string of the molecule is CC1(C)OB(c2ccc(N3CCOCC3)cc2)OC1(C)C.CN(c1cccc(-c2ccc(N3CCOCC3)cc2)c1)c1nc2nncn2c2cc(Cl)ccc12.CN(c1cccc(Br)c1)c1nc2nncn2c2cc(Cl)ccc12. The molecule has 0 amide bonds. The van der Waals surface area contributed by atoms with E-state index in [0.29, 0.717) is 21.6 Å². The Bertz CT molecular complexity index is 3730. The molecule has 3 fully saturated rings. The lowest BCUT2D eigenvalue weighted by atomic mass is 9.79. The molecule has 78 heavy (non-hydrogen) atoms. The highest BCUT2D eigenvalue weighted by Crippen LogP contribution is 2.38. The molecule has 3 aliphatic rings. The Morgan fingerprint density at radius 2 is 1.00 bits per heavy atom. The molecule has 398 valence electrons. The average molecular weight is 1150 g/mol. The maximum atomic E-state index is 6.29. The van der Waals surface area contributed by atoms with Crippen LogP contribution in [0.15, 0.2) is 151 Å². The van der Waals surface area contributed by atoms with Crippen LogP contribution in [0.4, 0.5) is 34.4 Å². The van der Waals surface area contributed by atoms with Gasteiger partial charge in [0.2, 0.25) is 0 Å². The third-order valence-electron chi connectivity index (χ3n) is 14.8. The van der Waals surface area contributed by atoms with E-state index in [1.54, 1.807) is 12.7 Å². The monoisotopic (exact) mass is 1150 g/mol. The highest BCUT2D eigenvalue weighted by Gasteiger charge is 2.51. The molecule has 16 nitrogen and oxygen atoms in total. The van der Waals surface area contributed by atoms with Gasteiger partial charge in [0.1, 0.15) is 24.3 Å². The fourth-order valence-electron chi connectivity index (χ4n) is 9.71. The Morgan fingerprint density at radius 1 is 0.538 bits per heavy atom. The molecule has 13 rings (SSSR count). The van der Waals surface area contributed by atoms with Crippen LogP contribution in [0.25, 0.3) is 44.5 Å². The normalized spacial score (nSPS) is 16.0. The van der Waals surface area contributed by atoms with Crippen LogP contribution < -0.4 is 25.1 Å². The van der Waals surface area contributed by atoms with Gasteiger partial charge in [0.15, 0.2) is 0 Å². The van der Waals surface area contributed by atoms with Crippen LogP contribution in [-0.2, 0) is 18.8 Å². The van der Waals surface area contributed by atoms with Gasteiger partial charge in [-0.15, -0.1) is 20.4 Å². The lowest BCUT2D eigenvalue weighted by Gasteiger charge is -2.32. The first-order chi connectivity index (χ1) is 37.7. The Hall–Kier alpha value is -6.90. The van der Waals surface area contributed by atoms with Gasteiger partial charge in [0, 0.05) is 88.3 Å². The molecule has 0 bridgehead atoms. The van der Waals surface area contributed by atoms with Crippen molar-refractivity contribution in [2.45, 2.75) is 38.9 Å². The Balaban J connectivity index is 0.000000129. The van der Waals surface area contributed by atoms with E-state index in [9.17, 15) is 0 Å². The standard InChI is InChI=1S/C26H23ClN6O.C16H24BNO3.C16H11BrClN5/c1-31(25-23-10-7-20(27)16-24(23)33-17-28-30-26(33)29-25)22-4-2-3-19(15-22)18-5-8-21(9-6-18)32-11-13-34-14-12-32;1-15(2)16(3,4)21-17(20-15)13-5-7-14(8-6-13)18-9-11-19-12-10-18;1-22(12-4-2-3-10(17)7-12)15-13-6-5-11(18)8-14(13)23-9-19-21-16(23)20-15/h2-10,15-17H,11-14H2,1H3;5-8H,9-12H2,1-4H3;2-9H,1H3. The number of rotatable bonds is 8. The molecule has 0 spiro atoms. The molecular formula is C58H58BBrCl2N12O4. The summed E-state index contributed by atoms with van der Waals surface area (Å²) in [5, 5.41) is 19.5. The number of hydrogen-bond donors (Lipinski definition) is 0. The van der Waals surface area contributed by atoms with Crippen LogP contribution in [0, 0.1) is 0 Å². The molecule has 0 saturated carbocycles. The first-order valence-electron chi connectivity index (χ1n) is 25.8. The van der Waals surface area contributed by atoms with Crippen molar-refractivity contribution >= 4 is 119 Å². The summed E-state index contributed by atoms with van der Waals surface area (Å²) in [6.45, 7) is 15.3. The summed E-state index contributed by atoms with van der Waals surface area (Å²) in [7, 11) is 3.71. The van der Waals surface area contributed by atoms with Gasteiger partial charge in [-0.05, 0) is 135 Å². The molecular weight excluding hydrogens is 1090 g/mol. The van der Waals surface area contributed by atoms with Crippen molar-refractivity contribution in [1.29, 1.82) is 0 Å². The summed E-state index contributed by atoms with van der Waals surface area (Å²) in [4.78, 5) is 18.3.